The molecule has 0 spiro atoms. The molecule has 78 valence electrons. The molecule has 1 fully saturated rings. The quantitative estimate of drug-likeness (QED) is 0.707. The van der Waals surface area contributed by atoms with Crippen molar-refractivity contribution in [2.75, 3.05) is 19.7 Å². The third kappa shape index (κ3) is 2.96. The summed E-state index contributed by atoms with van der Waals surface area (Å²) in [6.07, 6.45) is 5.04. The molecule has 2 nitrogen and oxygen atoms in total. The molecule has 1 aliphatic rings. The lowest BCUT2D eigenvalue weighted by atomic mass is 10.1. The van der Waals surface area contributed by atoms with E-state index in [1.165, 1.54) is 32.2 Å². The molecule has 13 heavy (non-hydrogen) atoms. The van der Waals surface area contributed by atoms with Crippen LogP contribution >= 0.6 is 0 Å². The molecule has 1 rings (SSSR count). The molecule has 0 aliphatic carbocycles. The maximum atomic E-state index is 9.04. The molecule has 0 aromatic carbocycles. The van der Waals surface area contributed by atoms with E-state index in [0.29, 0.717) is 12.5 Å². The molecule has 0 aromatic rings. The molecule has 0 amide bonds. The lowest BCUT2D eigenvalue weighted by Crippen LogP contribution is -2.33. The topological polar surface area (TPSA) is 23.5 Å². The zero-order valence-corrected chi connectivity index (χ0v) is 9.00. The first-order valence-corrected chi connectivity index (χ1v) is 5.66. The van der Waals surface area contributed by atoms with Crippen LogP contribution in [0.5, 0.6) is 0 Å². The SMILES string of the molecule is CCCC(CC)N1CCC(CO)C1. The normalized spacial score (nSPS) is 26.5. The van der Waals surface area contributed by atoms with Gasteiger partial charge in [0.15, 0.2) is 0 Å². The Morgan fingerprint density at radius 1 is 1.46 bits per heavy atom. The molecule has 0 saturated carbocycles. The first-order chi connectivity index (χ1) is 6.31. The Morgan fingerprint density at radius 2 is 2.23 bits per heavy atom. The Hall–Kier alpha value is -0.0800. The summed E-state index contributed by atoms with van der Waals surface area (Å²) < 4.78 is 0. The summed E-state index contributed by atoms with van der Waals surface area (Å²) in [5.41, 5.74) is 0. The molecule has 2 heteroatoms. The number of hydrogen-bond donors (Lipinski definition) is 1. The van der Waals surface area contributed by atoms with Crippen molar-refractivity contribution in [3.63, 3.8) is 0 Å². The second-order valence-corrected chi connectivity index (χ2v) is 4.18. The Bertz CT molecular complexity index is 138. The molecule has 1 N–H and O–H groups in total. The van der Waals surface area contributed by atoms with E-state index in [-0.39, 0.29) is 0 Å². The Labute approximate surface area is 81.9 Å². The highest BCUT2D eigenvalue weighted by atomic mass is 16.3. The number of nitrogens with zero attached hydrogens (tertiary/aromatic N) is 1. The van der Waals surface area contributed by atoms with Crippen molar-refractivity contribution < 1.29 is 5.11 Å². The summed E-state index contributed by atoms with van der Waals surface area (Å²) in [7, 11) is 0. The smallest absolute Gasteiger partial charge is 0.0471 e. The van der Waals surface area contributed by atoms with Gasteiger partial charge in [0, 0.05) is 19.2 Å². The average molecular weight is 185 g/mol. The standard InChI is InChI=1S/C11H23NO/c1-3-5-11(4-2)12-7-6-10(8-12)9-13/h10-11,13H,3-9H2,1-2H3. The van der Waals surface area contributed by atoms with Crippen LogP contribution < -0.4 is 0 Å². The van der Waals surface area contributed by atoms with Gasteiger partial charge in [0.25, 0.3) is 0 Å². The zero-order chi connectivity index (χ0) is 9.68. The van der Waals surface area contributed by atoms with Crippen LogP contribution in [0.1, 0.15) is 39.5 Å². The van der Waals surface area contributed by atoms with E-state index in [1.807, 2.05) is 0 Å². The fourth-order valence-electron chi connectivity index (χ4n) is 2.32. The number of hydrogen-bond acceptors (Lipinski definition) is 2. The minimum absolute atomic E-state index is 0.374. The van der Waals surface area contributed by atoms with Crippen LogP contribution in [0.25, 0.3) is 0 Å². The molecular formula is C11H23NO. The molecule has 0 aromatic heterocycles. The van der Waals surface area contributed by atoms with Gasteiger partial charge < -0.3 is 10.0 Å². The summed E-state index contributed by atoms with van der Waals surface area (Å²) >= 11 is 0. The number of rotatable bonds is 5. The first kappa shape index (κ1) is 11.0. The van der Waals surface area contributed by atoms with Crippen molar-refractivity contribution in [1.82, 2.24) is 4.90 Å². The highest BCUT2D eigenvalue weighted by Gasteiger charge is 2.25. The van der Waals surface area contributed by atoms with Gasteiger partial charge in [0.05, 0.1) is 0 Å². The first-order valence-electron chi connectivity index (χ1n) is 5.66. The Morgan fingerprint density at radius 3 is 2.69 bits per heavy atom. The maximum Gasteiger partial charge on any atom is 0.0471 e. The van der Waals surface area contributed by atoms with Crippen molar-refractivity contribution in [1.29, 1.82) is 0 Å². The van der Waals surface area contributed by atoms with E-state index >= 15 is 0 Å². The monoisotopic (exact) mass is 185 g/mol. The molecular weight excluding hydrogens is 162 g/mol. The van der Waals surface area contributed by atoms with Gasteiger partial charge in [-0.15, -0.1) is 0 Å². The maximum absolute atomic E-state index is 9.04. The molecule has 1 aliphatic heterocycles. The van der Waals surface area contributed by atoms with Crippen LogP contribution in [0.4, 0.5) is 0 Å². The van der Waals surface area contributed by atoms with Crippen molar-refractivity contribution >= 4 is 0 Å². The Kier molecular flexibility index (Phi) is 4.74. The van der Waals surface area contributed by atoms with Gasteiger partial charge in [-0.2, -0.15) is 0 Å². The van der Waals surface area contributed by atoms with Gasteiger partial charge in [0.1, 0.15) is 0 Å². The van der Waals surface area contributed by atoms with Gasteiger partial charge in [0.2, 0.25) is 0 Å². The van der Waals surface area contributed by atoms with E-state index in [0.717, 1.165) is 12.6 Å². The van der Waals surface area contributed by atoms with E-state index in [4.69, 9.17) is 5.11 Å². The van der Waals surface area contributed by atoms with E-state index < -0.39 is 0 Å². The summed E-state index contributed by atoms with van der Waals surface area (Å²) in [6, 6.07) is 0.765. The predicted molar refractivity (Wildman–Crippen MR) is 55.8 cm³/mol. The minimum Gasteiger partial charge on any atom is -0.396 e. The van der Waals surface area contributed by atoms with Crippen molar-refractivity contribution in [3.8, 4) is 0 Å². The van der Waals surface area contributed by atoms with Gasteiger partial charge in [-0.3, -0.25) is 0 Å². The van der Waals surface area contributed by atoms with Crippen molar-refractivity contribution in [2.24, 2.45) is 5.92 Å². The van der Waals surface area contributed by atoms with Gasteiger partial charge >= 0.3 is 0 Å². The summed E-state index contributed by atoms with van der Waals surface area (Å²) in [5, 5.41) is 9.04. The van der Waals surface area contributed by atoms with Crippen LogP contribution in [0.2, 0.25) is 0 Å². The minimum atomic E-state index is 0.374. The lowest BCUT2D eigenvalue weighted by molar-refractivity contribution is 0.188. The van der Waals surface area contributed by atoms with Crippen LogP contribution in [0.15, 0.2) is 0 Å². The third-order valence-electron chi connectivity index (χ3n) is 3.19. The van der Waals surface area contributed by atoms with E-state index in [9.17, 15) is 0 Å². The van der Waals surface area contributed by atoms with Crippen molar-refractivity contribution in [2.45, 2.75) is 45.6 Å². The number of aliphatic hydroxyl groups is 1. The molecule has 1 saturated heterocycles. The average Bonchev–Trinajstić information content (AvgIpc) is 2.62. The van der Waals surface area contributed by atoms with Crippen LogP contribution in [0, 0.1) is 5.92 Å². The van der Waals surface area contributed by atoms with Gasteiger partial charge in [-0.1, -0.05) is 20.3 Å². The second-order valence-electron chi connectivity index (χ2n) is 4.18. The number of aliphatic hydroxyl groups excluding tert-OH is 1. The van der Waals surface area contributed by atoms with Gasteiger partial charge in [-0.25, -0.2) is 0 Å². The van der Waals surface area contributed by atoms with Gasteiger partial charge in [-0.05, 0) is 31.7 Å². The van der Waals surface area contributed by atoms with Crippen LogP contribution in [-0.4, -0.2) is 35.7 Å². The molecule has 0 bridgehead atoms. The molecule has 2 atom stereocenters. The zero-order valence-electron chi connectivity index (χ0n) is 9.00. The summed E-state index contributed by atoms with van der Waals surface area (Å²) in [5.74, 6) is 0.547. The van der Waals surface area contributed by atoms with Crippen LogP contribution in [0.3, 0.4) is 0 Å². The largest absolute Gasteiger partial charge is 0.396 e. The molecule has 1 heterocycles. The van der Waals surface area contributed by atoms with Crippen LogP contribution in [-0.2, 0) is 0 Å². The lowest BCUT2D eigenvalue weighted by Gasteiger charge is -2.26. The third-order valence-corrected chi connectivity index (χ3v) is 3.19. The predicted octanol–water partition coefficient (Wildman–Crippen LogP) is 1.88. The Balaban J connectivity index is 2.33. The fraction of sp³-hybridized carbons (Fsp3) is 1.00. The van der Waals surface area contributed by atoms with Crippen molar-refractivity contribution in [3.05, 3.63) is 0 Å². The summed E-state index contributed by atoms with van der Waals surface area (Å²) in [4.78, 5) is 2.56. The van der Waals surface area contributed by atoms with E-state index in [1.54, 1.807) is 0 Å². The number of likely N-dealkylation sites (tertiary alicyclic amines) is 1. The second kappa shape index (κ2) is 5.61. The van der Waals surface area contributed by atoms with E-state index in [2.05, 4.69) is 18.7 Å². The summed E-state index contributed by atoms with van der Waals surface area (Å²) in [6.45, 7) is 7.21. The fourth-order valence-corrected chi connectivity index (χ4v) is 2.32. The molecule has 0 radical (unpaired) electrons. The highest BCUT2D eigenvalue weighted by molar-refractivity contribution is 4.80. The highest BCUT2D eigenvalue weighted by Crippen LogP contribution is 2.21. The molecule has 2 unspecified atom stereocenters.